The Morgan fingerprint density at radius 1 is 1.23 bits per heavy atom. The van der Waals surface area contributed by atoms with E-state index in [1.54, 1.807) is 0 Å². The monoisotopic (exact) mass is 370 g/mol. The number of nitrogens with one attached hydrogen (secondary N) is 1. The first-order chi connectivity index (χ1) is 10.4. The van der Waals surface area contributed by atoms with E-state index in [9.17, 15) is 4.79 Å². The van der Waals surface area contributed by atoms with Crippen LogP contribution in [0.25, 0.3) is 0 Å². The molecule has 1 aliphatic heterocycles. The van der Waals surface area contributed by atoms with E-state index in [0.29, 0.717) is 11.6 Å². The summed E-state index contributed by atoms with van der Waals surface area (Å²) < 4.78 is 0.815. The lowest BCUT2D eigenvalue weighted by Gasteiger charge is -2.34. The molecule has 1 saturated heterocycles. The zero-order valence-corrected chi connectivity index (χ0v) is 15.6. The molecule has 1 aromatic rings. The minimum atomic E-state index is 0.0264. The maximum atomic E-state index is 12.6. The Morgan fingerprint density at radius 3 is 2.36 bits per heavy atom. The van der Waals surface area contributed by atoms with Crippen LogP contribution >= 0.6 is 15.9 Å². The van der Waals surface area contributed by atoms with Crippen LogP contribution in [0.4, 0.5) is 0 Å². The Bertz CT molecular complexity index is 504. The molecule has 1 N–H and O–H groups in total. The fourth-order valence-corrected chi connectivity index (χ4v) is 3.44. The summed E-state index contributed by atoms with van der Waals surface area (Å²) >= 11 is 3.52. The Labute approximate surface area is 141 Å². The first-order valence-electron chi connectivity index (χ1n) is 8.15. The molecule has 1 aliphatic rings. The van der Waals surface area contributed by atoms with Crippen molar-refractivity contribution in [3.05, 3.63) is 15.9 Å². The lowest BCUT2D eigenvalue weighted by molar-refractivity contribution is 0.0625. The lowest BCUT2D eigenvalue weighted by Crippen LogP contribution is -2.49. The molecule has 124 valence electrons. The van der Waals surface area contributed by atoms with Crippen molar-refractivity contribution >= 4 is 21.8 Å². The lowest BCUT2D eigenvalue weighted by atomic mass is 10.1. The Balaban J connectivity index is 1.92. The summed E-state index contributed by atoms with van der Waals surface area (Å²) in [5.41, 5.74) is 1.50. The molecule has 1 fully saturated rings. The molecule has 6 heteroatoms. The molecule has 1 aromatic heterocycles. The van der Waals surface area contributed by atoms with Crippen LogP contribution in [-0.2, 0) is 0 Å². The van der Waals surface area contributed by atoms with Crippen molar-refractivity contribution in [1.82, 2.24) is 20.0 Å². The van der Waals surface area contributed by atoms with E-state index in [2.05, 4.69) is 58.7 Å². The number of nitrogens with zero attached hydrogens (tertiary/aromatic N) is 3. The molecule has 0 bridgehead atoms. The van der Waals surface area contributed by atoms with E-state index in [0.717, 1.165) is 48.8 Å². The average molecular weight is 371 g/mol. The van der Waals surface area contributed by atoms with Crippen LogP contribution in [0, 0.1) is 5.92 Å². The van der Waals surface area contributed by atoms with Crippen LogP contribution in [0.3, 0.4) is 0 Å². The largest absolute Gasteiger partial charge is 0.335 e. The minimum Gasteiger partial charge on any atom is -0.335 e. The van der Waals surface area contributed by atoms with Gasteiger partial charge in [0.25, 0.3) is 5.91 Å². The Hall–Kier alpha value is -0.880. The minimum absolute atomic E-state index is 0.0264. The van der Waals surface area contributed by atoms with Crippen molar-refractivity contribution in [1.29, 1.82) is 0 Å². The van der Waals surface area contributed by atoms with E-state index in [1.165, 1.54) is 6.42 Å². The summed E-state index contributed by atoms with van der Waals surface area (Å²) in [5, 5.41) is 7.19. The summed E-state index contributed by atoms with van der Waals surface area (Å²) in [6.07, 6.45) is 1.22. The van der Waals surface area contributed by atoms with Gasteiger partial charge in [-0.15, -0.1) is 0 Å². The standard InChI is InChI=1S/C16H27BrN4O/c1-11(2)5-6-20-7-9-21(10-8-20)16(22)15-13(17)14(12(3)4)18-19-15/h11-12H,5-10H2,1-4H3,(H,18,19). The first kappa shape index (κ1) is 17.5. The van der Waals surface area contributed by atoms with Crippen molar-refractivity contribution in [3.63, 3.8) is 0 Å². The molecule has 5 nitrogen and oxygen atoms in total. The molecule has 0 radical (unpaired) electrons. The third kappa shape index (κ3) is 4.10. The number of halogens is 1. The zero-order valence-electron chi connectivity index (χ0n) is 14.0. The average Bonchev–Trinajstić information content (AvgIpc) is 2.86. The van der Waals surface area contributed by atoms with Gasteiger partial charge in [-0.05, 0) is 40.7 Å². The van der Waals surface area contributed by atoms with Crippen LogP contribution in [0.5, 0.6) is 0 Å². The molecular weight excluding hydrogens is 344 g/mol. The van der Waals surface area contributed by atoms with E-state index in [-0.39, 0.29) is 5.91 Å². The number of piperazine rings is 1. The molecular formula is C16H27BrN4O. The highest BCUT2D eigenvalue weighted by Crippen LogP contribution is 2.26. The van der Waals surface area contributed by atoms with Crippen LogP contribution in [0.15, 0.2) is 4.47 Å². The predicted molar refractivity (Wildman–Crippen MR) is 92.2 cm³/mol. The fourth-order valence-electron chi connectivity index (χ4n) is 2.63. The molecule has 0 spiro atoms. The number of amides is 1. The molecule has 22 heavy (non-hydrogen) atoms. The zero-order chi connectivity index (χ0) is 16.3. The van der Waals surface area contributed by atoms with Gasteiger partial charge in [-0.3, -0.25) is 14.8 Å². The summed E-state index contributed by atoms with van der Waals surface area (Å²) in [5.74, 6) is 1.07. The molecule has 0 unspecified atom stereocenters. The molecule has 2 rings (SSSR count). The van der Waals surface area contributed by atoms with Crippen LogP contribution in [0.2, 0.25) is 0 Å². The second-order valence-corrected chi connectivity index (χ2v) is 7.56. The third-order valence-electron chi connectivity index (χ3n) is 4.19. The van der Waals surface area contributed by atoms with Crippen molar-refractivity contribution in [2.24, 2.45) is 5.92 Å². The van der Waals surface area contributed by atoms with Gasteiger partial charge in [-0.25, -0.2) is 0 Å². The number of carbonyl (C=O) groups excluding carboxylic acids is 1. The summed E-state index contributed by atoms with van der Waals surface area (Å²) in [7, 11) is 0. The number of aromatic amines is 1. The van der Waals surface area contributed by atoms with E-state index < -0.39 is 0 Å². The van der Waals surface area contributed by atoms with E-state index in [1.807, 2.05) is 4.90 Å². The summed E-state index contributed by atoms with van der Waals surface area (Å²) in [4.78, 5) is 17.0. The molecule has 2 heterocycles. The van der Waals surface area contributed by atoms with Gasteiger partial charge in [0, 0.05) is 26.2 Å². The van der Waals surface area contributed by atoms with E-state index in [4.69, 9.17) is 0 Å². The van der Waals surface area contributed by atoms with Gasteiger partial charge in [0.2, 0.25) is 0 Å². The van der Waals surface area contributed by atoms with Gasteiger partial charge in [0.1, 0.15) is 0 Å². The summed E-state index contributed by atoms with van der Waals surface area (Å²) in [6, 6.07) is 0. The summed E-state index contributed by atoms with van der Waals surface area (Å²) in [6.45, 7) is 13.3. The SMILES string of the molecule is CC(C)CCN1CCN(C(=O)c2n[nH]c(C(C)C)c2Br)CC1. The normalized spacial score (nSPS) is 16.8. The molecule has 0 atom stereocenters. The van der Waals surface area contributed by atoms with Crippen LogP contribution in [0.1, 0.15) is 56.2 Å². The van der Waals surface area contributed by atoms with Crippen LogP contribution < -0.4 is 0 Å². The van der Waals surface area contributed by atoms with Crippen molar-refractivity contribution in [3.8, 4) is 0 Å². The highest BCUT2D eigenvalue weighted by Gasteiger charge is 2.26. The fraction of sp³-hybridized carbons (Fsp3) is 0.750. The second-order valence-electron chi connectivity index (χ2n) is 6.77. The van der Waals surface area contributed by atoms with Gasteiger partial charge in [0.05, 0.1) is 10.2 Å². The maximum absolute atomic E-state index is 12.6. The van der Waals surface area contributed by atoms with Crippen LogP contribution in [-0.4, -0.2) is 58.6 Å². The third-order valence-corrected chi connectivity index (χ3v) is 5.00. The van der Waals surface area contributed by atoms with Gasteiger partial charge in [0.15, 0.2) is 5.69 Å². The Morgan fingerprint density at radius 2 is 1.86 bits per heavy atom. The number of hydrogen-bond acceptors (Lipinski definition) is 3. The quantitative estimate of drug-likeness (QED) is 0.866. The highest BCUT2D eigenvalue weighted by molar-refractivity contribution is 9.10. The molecule has 0 aromatic carbocycles. The van der Waals surface area contributed by atoms with Gasteiger partial charge in [-0.2, -0.15) is 5.10 Å². The van der Waals surface area contributed by atoms with Crippen molar-refractivity contribution < 1.29 is 4.79 Å². The Kier molecular flexibility index (Phi) is 6.03. The number of hydrogen-bond donors (Lipinski definition) is 1. The predicted octanol–water partition coefficient (Wildman–Crippen LogP) is 3.10. The number of aromatic nitrogens is 2. The molecule has 1 amide bonds. The number of rotatable bonds is 5. The molecule has 0 aliphatic carbocycles. The van der Waals surface area contributed by atoms with Gasteiger partial charge >= 0.3 is 0 Å². The van der Waals surface area contributed by atoms with Crippen molar-refractivity contribution in [2.45, 2.75) is 40.0 Å². The van der Waals surface area contributed by atoms with Gasteiger partial charge < -0.3 is 4.90 Å². The molecule has 0 saturated carbocycles. The second kappa shape index (κ2) is 7.59. The van der Waals surface area contributed by atoms with Gasteiger partial charge in [-0.1, -0.05) is 27.7 Å². The van der Waals surface area contributed by atoms with Crippen molar-refractivity contribution in [2.75, 3.05) is 32.7 Å². The topological polar surface area (TPSA) is 52.2 Å². The first-order valence-corrected chi connectivity index (χ1v) is 8.94. The maximum Gasteiger partial charge on any atom is 0.275 e. The number of H-pyrrole nitrogens is 1. The van der Waals surface area contributed by atoms with E-state index >= 15 is 0 Å². The highest BCUT2D eigenvalue weighted by atomic mass is 79.9. The number of carbonyl (C=O) groups is 1. The smallest absolute Gasteiger partial charge is 0.275 e.